The van der Waals surface area contributed by atoms with E-state index in [1.54, 1.807) is 0 Å². The van der Waals surface area contributed by atoms with Gasteiger partial charge in [-0.05, 0) is 11.6 Å². The fraction of sp³-hybridized carbons (Fsp3) is 0.333. The van der Waals surface area contributed by atoms with E-state index in [-0.39, 0.29) is 15.6 Å². The summed E-state index contributed by atoms with van der Waals surface area (Å²) in [6.07, 6.45) is -7.66. The highest BCUT2D eigenvalue weighted by Gasteiger charge is 2.38. The van der Waals surface area contributed by atoms with Crippen LogP contribution in [0, 0.1) is 0 Å². The number of alkyl halides is 3. The second-order valence-corrected chi connectivity index (χ2v) is 3.76. The molecule has 0 aromatic heterocycles. The van der Waals surface area contributed by atoms with Crippen LogP contribution in [0.2, 0.25) is 10.0 Å². The van der Waals surface area contributed by atoms with Crippen molar-refractivity contribution in [3.8, 4) is 0 Å². The summed E-state index contributed by atoms with van der Waals surface area (Å²) >= 11 is 11.3. The second kappa shape index (κ2) is 4.60. The van der Waals surface area contributed by atoms with Crippen LogP contribution in [0.4, 0.5) is 13.2 Å². The van der Waals surface area contributed by atoms with Crippen LogP contribution in [-0.2, 0) is 6.42 Å². The Morgan fingerprint density at radius 3 is 2.40 bits per heavy atom. The summed E-state index contributed by atoms with van der Waals surface area (Å²) in [6, 6.07) is 4.34. The van der Waals surface area contributed by atoms with Gasteiger partial charge in [-0.25, -0.2) is 0 Å². The normalized spacial score (nSPS) is 14.0. The van der Waals surface area contributed by atoms with E-state index in [0.717, 1.165) is 0 Å². The molecular weight excluding hydrogens is 252 g/mol. The molecule has 0 spiro atoms. The smallest absolute Gasteiger partial charge is 0.383 e. The third kappa shape index (κ3) is 3.26. The first-order chi connectivity index (χ1) is 6.82. The molecule has 0 aliphatic rings. The lowest BCUT2D eigenvalue weighted by atomic mass is 10.1. The number of halogens is 5. The number of hydrogen-bond acceptors (Lipinski definition) is 1. The van der Waals surface area contributed by atoms with Crippen molar-refractivity contribution >= 4 is 23.2 Å². The van der Waals surface area contributed by atoms with Crippen molar-refractivity contribution in [1.82, 2.24) is 0 Å². The van der Waals surface area contributed by atoms with Crippen molar-refractivity contribution in [3.05, 3.63) is 33.8 Å². The molecule has 0 aliphatic carbocycles. The highest BCUT2D eigenvalue weighted by molar-refractivity contribution is 6.42. The van der Waals surface area contributed by atoms with Gasteiger partial charge in [-0.1, -0.05) is 35.3 Å². The zero-order valence-corrected chi connectivity index (χ0v) is 8.87. The molecule has 0 aliphatic heterocycles. The van der Waals surface area contributed by atoms with Gasteiger partial charge in [0, 0.05) is 6.42 Å². The largest absolute Gasteiger partial charge is 0.414 e. The minimum absolute atomic E-state index is 0.0440. The predicted octanol–water partition coefficient (Wildman–Crippen LogP) is 3.46. The van der Waals surface area contributed by atoms with Crippen LogP contribution in [0.1, 0.15) is 5.56 Å². The Kier molecular flexibility index (Phi) is 3.87. The Hall–Kier alpha value is -0.450. The summed E-state index contributed by atoms with van der Waals surface area (Å²) in [4.78, 5) is 0. The Balaban J connectivity index is 2.86. The maximum absolute atomic E-state index is 12.0. The molecule has 0 fully saturated rings. The minimum atomic E-state index is -4.65. The molecule has 1 rings (SSSR count). The van der Waals surface area contributed by atoms with Gasteiger partial charge in [-0.2, -0.15) is 13.2 Å². The van der Waals surface area contributed by atoms with E-state index in [4.69, 9.17) is 28.3 Å². The lowest BCUT2D eigenvalue weighted by Gasteiger charge is -2.15. The molecule has 0 saturated carbocycles. The summed E-state index contributed by atoms with van der Waals surface area (Å²) in [5, 5.41) is 9.04. The maximum atomic E-state index is 12.0. The first-order valence-corrected chi connectivity index (χ1v) is 4.75. The van der Waals surface area contributed by atoms with Crippen LogP contribution in [-0.4, -0.2) is 17.4 Å². The summed E-state index contributed by atoms with van der Waals surface area (Å²) < 4.78 is 36.1. The molecule has 0 unspecified atom stereocenters. The van der Waals surface area contributed by atoms with Gasteiger partial charge in [-0.3, -0.25) is 0 Å². The highest BCUT2D eigenvalue weighted by Crippen LogP contribution is 2.29. The third-order valence-electron chi connectivity index (χ3n) is 1.82. The van der Waals surface area contributed by atoms with Crippen LogP contribution in [0.15, 0.2) is 18.2 Å². The van der Waals surface area contributed by atoms with Crippen LogP contribution in [0.3, 0.4) is 0 Å². The zero-order valence-electron chi connectivity index (χ0n) is 7.35. The molecule has 0 radical (unpaired) electrons. The van der Waals surface area contributed by atoms with Gasteiger partial charge in [0.05, 0.1) is 10.0 Å². The Bertz CT molecular complexity index is 352. The quantitative estimate of drug-likeness (QED) is 0.862. The van der Waals surface area contributed by atoms with Crippen molar-refractivity contribution in [2.45, 2.75) is 18.7 Å². The molecule has 6 heteroatoms. The average Bonchev–Trinajstić information content (AvgIpc) is 2.11. The van der Waals surface area contributed by atoms with Gasteiger partial charge in [0.1, 0.15) is 0 Å². The number of aliphatic hydroxyl groups excluding tert-OH is 1. The van der Waals surface area contributed by atoms with Crippen molar-refractivity contribution in [2.24, 2.45) is 0 Å². The highest BCUT2D eigenvalue weighted by atomic mass is 35.5. The van der Waals surface area contributed by atoms with Crippen molar-refractivity contribution in [3.63, 3.8) is 0 Å². The van der Waals surface area contributed by atoms with Gasteiger partial charge in [0.2, 0.25) is 0 Å². The van der Waals surface area contributed by atoms with E-state index in [1.807, 2.05) is 0 Å². The van der Waals surface area contributed by atoms with E-state index in [2.05, 4.69) is 0 Å². The lowest BCUT2D eigenvalue weighted by molar-refractivity contribution is -0.203. The molecule has 1 N–H and O–H groups in total. The maximum Gasteiger partial charge on any atom is 0.414 e. The van der Waals surface area contributed by atoms with E-state index in [9.17, 15) is 13.2 Å². The standard InChI is InChI=1S/C9H7Cl2F3O/c10-6-3-1-2-5(8(6)11)4-7(15)9(12,13)14/h1-3,7,15H,4H2/t7-/m0/s1. The molecule has 0 bridgehead atoms. The summed E-state index contributed by atoms with van der Waals surface area (Å²) in [6.45, 7) is 0. The van der Waals surface area contributed by atoms with E-state index >= 15 is 0 Å². The molecule has 1 atom stereocenters. The number of hydrogen-bond donors (Lipinski definition) is 1. The molecule has 0 heterocycles. The fourth-order valence-electron chi connectivity index (χ4n) is 1.03. The summed E-state index contributed by atoms with van der Waals surface area (Å²) in [5.74, 6) is 0. The lowest BCUT2D eigenvalue weighted by Crippen LogP contribution is -2.30. The first kappa shape index (κ1) is 12.6. The molecule has 15 heavy (non-hydrogen) atoms. The number of benzene rings is 1. The van der Waals surface area contributed by atoms with E-state index < -0.39 is 18.7 Å². The van der Waals surface area contributed by atoms with Crippen LogP contribution < -0.4 is 0 Å². The number of aliphatic hydroxyl groups is 1. The Morgan fingerprint density at radius 2 is 1.87 bits per heavy atom. The van der Waals surface area contributed by atoms with Crippen molar-refractivity contribution < 1.29 is 18.3 Å². The third-order valence-corrected chi connectivity index (χ3v) is 2.68. The van der Waals surface area contributed by atoms with Gasteiger partial charge < -0.3 is 5.11 Å². The summed E-state index contributed by atoms with van der Waals surface area (Å²) in [7, 11) is 0. The number of rotatable bonds is 2. The SMILES string of the molecule is O[C@@H](Cc1cccc(Cl)c1Cl)C(F)(F)F. The first-order valence-electron chi connectivity index (χ1n) is 4.00. The van der Waals surface area contributed by atoms with Gasteiger partial charge in [0.25, 0.3) is 0 Å². The van der Waals surface area contributed by atoms with Crippen LogP contribution >= 0.6 is 23.2 Å². The monoisotopic (exact) mass is 258 g/mol. The zero-order chi connectivity index (χ0) is 11.6. The minimum Gasteiger partial charge on any atom is -0.383 e. The van der Waals surface area contributed by atoms with E-state index in [1.165, 1.54) is 18.2 Å². The molecule has 0 saturated heterocycles. The average molecular weight is 259 g/mol. The molecular formula is C9H7Cl2F3O. The molecule has 1 aromatic rings. The predicted molar refractivity (Wildman–Crippen MR) is 52.2 cm³/mol. The molecule has 84 valence electrons. The molecule has 0 amide bonds. The van der Waals surface area contributed by atoms with Gasteiger partial charge >= 0.3 is 6.18 Å². The molecule has 1 nitrogen and oxygen atoms in total. The second-order valence-electron chi connectivity index (χ2n) is 2.97. The van der Waals surface area contributed by atoms with Crippen LogP contribution in [0.5, 0.6) is 0 Å². The van der Waals surface area contributed by atoms with Gasteiger partial charge in [-0.15, -0.1) is 0 Å². The van der Waals surface area contributed by atoms with Gasteiger partial charge in [0.15, 0.2) is 6.10 Å². The Labute approximate surface area is 94.4 Å². The molecule has 1 aromatic carbocycles. The van der Waals surface area contributed by atoms with E-state index in [0.29, 0.717) is 0 Å². The van der Waals surface area contributed by atoms with Crippen molar-refractivity contribution in [2.75, 3.05) is 0 Å². The Morgan fingerprint density at radius 1 is 1.27 bits per heavy atom. The van der Waals surface area contributed by atoms with Crippen molar-refractivity contribution in [1.29, 1.82) is 0 Å². The topological polar surface area (TPSA) is 20.2 Å². The summed E-state index contributed by atoms with van der Waals surface area (Å²) in [5.41, 5.74) is 0.175. The van der Waals surface area contributed by atoms with Crippen LogP contribution in [0.25, 0.3) is 0 Å². The fourth-order valence-corrected chi connectivity index (χ4v) is 1.43.